The number of rotatable bonds is 7. The molecule has 3 rings (SSSR count). The number of aromatic nitrogens is 1. The van der Waals surface area contributed by atoms with Crippen LogP contribution in [-0.2, 0) is 0 Å². The van der Waals surface area contributed by atoms with E-state index in [-0.39, 0.29) is 22.5 Å². The number of likely N-dealkylation sites (N-methyl/N-ethyl adjacent to an activating group) is 1. The molecule has 0 saturated heterocycles. The first-order chi connectivity index (χ1) is 14.2. The molecular formula is C20H18ClF3N2O4. The van der Waals surface area contributed by atoms with Gasteiger partial charge < -0.3 is 24.5 Å². The van der Waals surface area contributed by atoms with Crippen LogP contribution in [0.4, 0.5) is 13.2 Å². The second-order valence-corrected chi connectivity index (χ2v) is 6.71. The number of hydrogen-bond acceptors (Lipinski definition) is 5. The maximum atomic E-state index is 13.3. The van der Waals surface area contributed by atoms with Gasteiger partial charge >= 0.3 is 6.36 Å². The average molecular weight is 443 g/mol. The summed E-state index contributed by atoms with van der Waals surface area (Å²) in [4.78, 5) is 16.2. The number of H-pyrrole nitrogens is 1. The van der Waals surface area contributed by atoms with Gasteiger partial charge in [0.2, 0.25) is 0 Å². The van der Waals surface area contributed by atoms with Crippen molar-refractivity contribution < 1.29 is 32.2 Å². The molecule has 0 saturated carbocycles. The summed E-state index contributed by atoms with van der Waals surface area (Å²) in [6, 6.07) is 6.47. The first-order valence-electron chi connectivity index (χ1n) is 8.68. The molecule has 0 fully saturated rings. The van der Waals surface area contributed by atoms with E-state index in [1.807, 2.05) is 0 Å². The molecule has 160 valence electrons. The molecule has 0 bridgehead atoms. The molecule has 30 heavy (non-hydrogen) atoms. The minimum Gasteiger partial charge on any atom is -0.496 e. The predicted molar refractivity (Wildman–Crippen MR) is 106 cm³/mol. The Morgan fingerprint density at radius 3 is 2.40 bits per heavy atom. The number of Topliss-reactive ketones (excluding diaryl/α,β-unsaturated/α-hetero) is 1. The van der Waals surface area contributed by atoms with Crippen LogP contribution < -0.4 is 19.5 Å². The van der Waals surface area contributed by atoms with Crippen molar-refractivity contribution in [3.05, 3.63) is 52.7 Å². The van der Waals surface area contributed by atoms with Gasteiger partial charge in [0.1, 0.15) is 5.75 Å². The van der Waals surface area contributed by atoms with Gasteiger partial charge in [-0.3, -0.25) is 4.79 Å². The summed E-state index contributed by atoms with van der Waals surface area (Å²) in [7, 11) is 4.26. The highest BCUT2D eigenvalue weighted by molar-refractivity contribution is 6.30. The van der Waals surface area contributed by atoms with Crippen molar-refractivity contribution in [1.29, 1.82) is 0 Å². The van der Waals surface area contributed by atoms with Gasteiger partial charge in [0.05, 0.1) is 25.8 Å². The van der Waals surface area contributed by atoms with Crippen LogP contribution in [0.1, 0.15) is 22.0 Å². The SMILES string of the molecule is CNC(C(=O)c1c[nH]c2cc(OC)c(OC(F)(F)F)cc12)c1ccc(Cl)cc1OC. The molecule has 10 heteroatoms. The Kier molecular flexibility index (Phi) is 6.14. The van der Waals surface area contributed by atoms with E-state index >= 15 is 0 Å². The average Bonchev–Trinajstić information content (AvgIpc) is 3.10. The van der Waals surface area contributed by atoms with Gasteiger partial charge in [-0.15, -0.1) is 13.2 Å². The van der Waals surface area contributed by atoms with Crippen LogP contribution >= 0.6 is 11.6 Å². The molecule has 1 unspecified atom stereocenters. The third-order valence-electron chi connectivity index (χ3n) is 4.51. The first-order valence-corrected chi connectivity index (χ1v) is 9.06. The van der Waals surface area contributed by atoms with E-state index in [1.165, 1.54) is 26.5 Å². The van der Waals surface area contributed by atoms with E-state index in [9.17, 15) is 18.0 Å². The number of ketones is 1. The van der Waals surface area contributed by atoms with Gasteiger partial charge in [-0.05, 0) is 25.2 Å². The highest BCUT2D eigenvalue weighted by Crippen LogP contribution is 2.38. The number of nitrogens with one attached hydrogen (secondary N) is 2. The van der Waals surface area contributed by atoms with Crippen LogP contribution in [0.3, 0.4) is 0 Å². The number of aromatic amines is 1. The minimum atomic E-state index is -4.91. The summed E-state index contributed by atoms with van der Waals surface area (Å²) in [6.07, 6.45) is -3.48. The molecule has 1 heterocycles. The van der Waals surface area contributed by atoms with Crippen molar-refractivity contribution in [3.63, 3.8) is 0 Å². The van der Waals surface area contributed by atoms with E-state index in [4.69, 9.17) is 21.1 Å². The maximum Gasteiger partial charge on any atom is 0.573 e. The molecule has 2 aromatic carbocycles. The maximum absolute atomic E-state index is 13.3. The van der Waals surface area contributed by atoms with Gasteiger partial charge in [0.15, 0.2) is 17.3 Å². The van der Waals surface area contributed by atoms with E-state index < -0.39 is 18.2 Å². The number of carbonyl (C=O) groups excluding carboxylic acids is 1. The number of halogens is 4. The zero-order chi connectivity index (χ0) is 22.1. The number of methoxy groups -OCH3 is 2. The molecule has 0 amide bonds. The second kappa shape index (κ2) is 8.45. The van der Waals surface area contributed by atoms with Crippen molar-refractivity contribution in [2.45, 2.75) is 12.4 Å². The third-order valence-corrected chi connectivity index (χ3v) is 4.75. The summed E-state index contributed by atoms with van der Waals surface area (Å²) >= 11 is 5.99. The summed E-state index contributed by atoms with van der Waals surface area (Å²) in [5.41, 5.74) is 1.13. The predicted octanol–water partition coefficient (Wildman–Crippen LogP) is 4.88. The number of ether oxygens (including phenoxy) is 3. The molecule has 2 N–H and O–H groups in total. The van der Waals surface area contributed by atoms with E-state index in [0.29, 0.717) is 21.9 Å². The lowest BCUT2D eigenvalue weighted by atomic mass is 9.96. The zero-order valence-electron chi connectivity index (χ0n) is 16.2. The summed E-state index contributed by atoms with van der Waals surface area (Å²) < 4.78 is 52.7. The molecular weight excluding hydrogens is 425 g/mol. The number of hydrogen-bond donors (Lipinski definition) is 2. The Morgan fingerprint density at radius 1 is 1.10 bits per heavy atom. The van der Waals surface area contributed by atoms with Crippen LogP contribution in [-0.4, -0.2) is 38.4 Å². The van der Waals surface area contributed by atoms with Gasteiger partial charge in [-0.2, -0.15) is 0 Å². The van der Waals surface area contributed by atoms with Crippen LogP contribution in [0.25, 0.3) is 10.9 Å². The smallest absolute Gasteiger partial charge is 0.496 e. The number of fused-ring (bicyclic) bond motifs is 1. The Morgan fingerprint density at radius 2 is 1.80 bits per heavy atom. The minimum absolute atomic E-state index is 0.120. The lowest BCUT2D eigenvalue weighted by Crippen LogP contribution is -2.26. The highest BCUT2D eigenvalue weighted by Gasteiger charge is 2.33. The highest BCUT2D eigenvalue weighted by atomic mass is 35.5. The molecule has 0 spiro atoms. The lowest BCUT2D eigenvalue weighted by molar-refractivity contribution is -0.275. The van der Waals surface area contributed by atoms with E-state index in [0.717, 1.165) is 6.07 Å². The Balaban J connectivity index is 2.09. The Labute approximate surface area is 174 Å². The normalized spacial score (nSPS) is 12.6. The molecule has 1 aromatic heterocycles. The zero-order valence-corrected chi connectivity index (χ0v) is 16.9. The summed E-state index contributed by atoms with van der Waals surface area (Å²) in [6.45, 7) is 0. The molecule has 0 radical (unpaired) electrons. The fourth-order valence-corrected chi connectivity index (χ4v) is 3.37. The topological polar surface area (TPSA) is 72.6 Å². The number of carbonyl (C=O) groups is 1. The molecule has 0 aliphatic carbocycles. The molecule has 3 aromatic rings. The molecule has 0 aliphatic heterocycles. The van der Waals surface area contributed by atoms with E-state index in [2.05, 4.69) is 15.0 Å². The first kappa shape index (κ1) is 21.8. The summed E-state index contributed by atoms with van der Waals surface area (Å²) in [5, 5.41) is 3.61. The van der Waals surface area contributed by atoms with Crippen molar-refractivity contribution in [3.8, 4) is 17.2 Å². The third kappa shape index (κ3) is 4.31. The van der Waals surface area contributed by atoms with Crippen LogP contribution in [0.15, 0.2) is 36.5 Å². The largest absolute Gasteiger partial charge is 0.573 e. The standard InChI is InChI=1S/C20H18ClF3N2O4/c1-25-18(11-5-4-10(21)6-15(11)28-2)19(27)13-9-26-14-8-16(29-3)17(7-12(13)14)30-20(22,23)24/h4-9,18,25-26H,1-3H3. The van der Waals surface area contributed by atoms with E-state index in [1.54, 1.807) is 25.2 Å². The fourth-order valence-electron chi connectivity index (χ4n) is 3.20. The van der Waals surface area contributed by atoms with Gasteiger partial charge in [0.25, 0.3) is 0 Å². The second-order valence-electron chi connectivity index (χ2n) is 6.27. The quantitative estimate of drug-likeness (QED) is 0.510. The van der Waals surface area contributed by atoms with Crippen LogP contribution in [0.2, 0.25) is 5.02 Å². The lowest BCUT2D eigenvalue weighted by Gasteiger charge is -2.18. The molecule has 1 atom stereocenters. The summed E-state index contributed by atoms with van der Waals surface area (Å²) in [5.74, 6) is -0.647. The molecule has 6 nitrogen and oxygen atoms in total. The van der Waals surface area contributed by atoms with Crippen LogP contribution in [0.5, 0.6) is 17.2 Å². The van der Waals surface area contributed by atoms with Crippen LogP contribution in [0, 0.1) is 0 Å². The number of benzene rings is 2. The van der Waals surface area contributed by atoms with Crippen molar-refractivity contribution >= 4 is 28.3 Å². The molecule has 0 aliphatic rings. The Hall–Kier alpha value is -2.91. The Bertz CT molecular complexity index is 1080. The van der Waals surface area contributed by atoms with Crippen molar-refractivity contribution in [1.82, 2.24) is 10.3 Å². The van der Waals surface area contributed by atoms with Crippen molar-refractivity contribution in [2.75, 3.05) is 21.3 Å². The van der Waals surface area contributed by atoms with Gasteiger partial charge in [-0.25, -0.2) is 0 Å². The van der Waals surface area contributed by atoms with Crippen molar-refractivity contribution in [2.24, 2.45) is 0 Å². The number of alkyl halides is 3. The van der Waals surface area contributed by atoms with Gasteiger partial charge in [0, 0.05) is 33.8 Å². The monoisotopic (exact) mass is 442 g/mol. The van der Waals surface area contributed by atoms with Gasteiger partial charge in [-0.1, -0.05) is 17.7 Å². The fraction of sp³-hybridized carbons (Fsp3) is 0.250.